The molecule has 1 atom stereocenters. The summed E-state index contributed by atoms with van der Waals surface area (Å²) in [5.74, 6) is 0.425. The van der Waals surface area contributed by atoms with E-state index in [0.717, 1.165) is 6.42 Å². The van der Waals surface area contributed by atoms with Crippen LogP contribution in [-0.2, 0) is 0 Å². The Bertz CT molecular complexity index is 465. The van der Waals surface area contributed by atoms with E-state index in [1.807, 2.05) is 6.08 Å². The lowest BCUT2D eigenvalue weighted by atomic mass is 9.88. The van der Waals surface area contributed by atoms with Gasteiger partial charge in [-0.2, -0.15) is 0 Å². The summed E-state index contributed by atoms with van der Waals surface area (Å²) < 4.78 is 0. The highest BCUT2D eigenvalue weighted by atomic mass is 14.2. The number of hydrogen-bond acceptors (Lipinski definition) is 0. The maximum atomic E-state index is 3.87. The van der Waals surface area contributed by atoms with Crippen molar-refractivity contribution in [3.63, 3.8) is 0 Å². The lowest BCUT2D eigenvalue weighted by Crippen LogP contribution is -1.99. The van der Waals surface area contributed by atoms with Gasteiger partial charge in [0.1, 0.15) is 0 Å². The minimum Gasteiger partial charge on any atom is -0.103 e. The third-order valence-corrected chi connectivity index (χ3v) is 3.08. The number of hydrogen-bond donors (Lipinski definition) is 0. The van der Waals surface area contributed by atoms with Crippen LogP contribution in [0.3, 0.4) is 0 Å². The van der Waals surface area contributed by atoms with E-state index in [4.69, 9.17) is 0 Å². The van der Waals surface area contributed by atoms with E-state index in [2.05, 4.69) is 68.1 Å². The minimum absolute atomic E-state index is 0.425. The fourth-order valence-corrected chi connectivity index (χ4v) is 2.12. The zero-order chi connectivity index (χ0) is 12.1. The molecule has 0 aliphatic heterocycles. The van der Waals surface area contributed by atoms with E-state index in [1.54, 1.807) is 0 Å². The fraction of sp³-hybridized carbons (Fsp3) is 0.176. The zero-order valence-electron chi connectivity index (χ0n) is 10.3. The Morgan fingerprint density at radius 3 is 2.12 bits per heavy atom. The summed E-state index contributed by atoms with van der Waals surface area (Å²) in [5, 5.41) is 0. The van der Waals surface area contributed by atoms with Gasteiger partial charge >= 0.3 is 0 Å². The Morgan fingerprint density at radius 2 is 1.53 bits per heavy atom. The molecule has 2 aromatic carbocycles. The van der Waals surface area contributed by atoms with Crippen LogP contribution in [0.15, 0.2) is 67.3 Å². The van der Waals surface area contributed by atoms with Gasteiger partial charge in [-0.1, -0.05) is 66.2 Å². The number of rotatable bonds is 4. The van der Waals surface area contributed by atoms with E-state index in [0.29, 0.717) is 5.92 Å². The molecule has 0 nitrogen and oxygen atoms in total. The van der Waals surface area contributed by atoms with Crippen LogP contribution >= 0.6 is 0 Å². The second-order valence-electron chi connectivity index (χ2n) is 4.40. The van der Waals surface area contributed by atoms with Gasteiger partial charge in [0, 0.05) is 5.92 Å². The van der Waals surface area contributed by atoms with Crippen LogP contribution in [0.5, 0.6) is 0 Å². The van der Waals surface area contributed by atoms with Crippen molar-refractivity contribution in [3.05, 3.63) is 83.9 Å². The van der Waals surface area contributed by atoms with Crippen molar-refractivity contribution in [3.8, 4) is 0 Å². The Labute approximate surface area is 104 Å². The first kappa shape index (κ1) is 11.7. The van der Waals surface area contributed by atoms with Crippen molar-refractivity contribution < 1.29 is 0 Å². The quantitative estimate of drug-likeness (QED) is 0.658. The molecule has 0 N–H and O–H groups in total. The molecule has 0 saturated carbocycles. The second-order valence-corrected chi connectivity index (χ2v) is 4.40. The summed E-state index contributed by atoms with van der Waals surface area (Å²) >= 11 is 0. The van der Waals surface area contributed by atoms with E-state index in [1.165, 1.54) is 16.7 Å². The SMILES string of the molecule is C=CCC(c1ccccc1)c1ccc(C)cc1. The van der Waals surface area contributed by atoms with Gasteiger partial charge in [-0.3, -0.25) is 0 Å². The molecule has 2 aromatic rings. The van der Waals surface area contributed by atoms with Crippen molar-refractivity contribution in [2.45, 2.75) is 19.3 Å². The average molecular weight is 222 g/mol. The molecule has 2 rings (SSSR count). The van der Waals surface area contributed by atoms with Gasteiger partial charge in [-0.15, -0.1) is 6.58 Å². The van der Waals surface area contributed by atoms with Gasteiger partial charge in [0.15, 0.2) is 0 Å². The fourth-order valence-electron chi connectivity index (χ4n) is 2.12. The predicted octanol–water partition coefficient (Wildman–Crippen LogP) is 4.70. The van der Waals surface area contributed by atoms with Gasteiger partial charge in [0.05, 0.1) is 0 Å². The second kappa shape index (κ2) is 5.49. The maximum absolute atomic E-state index is 3.87. The van der Waals surface area contributed by atoms with Crippen molar-refractivity contribution in [1.82, 2.24) is 0 Å². The van der Waals surface area contributed by atoms with Gasteiger partial charge in [0.2, 0.25) is 0 Å². The Hall–Kier alpha value is -1.82. The molecule has 0 radical (unpaired) electrons. The van der Waals surface area contributed by atoms with Crippen molar-refractivity contribution >= 4 is 0 Å². The van der Waals surface area contributed by atoms with Crippen LogP contribution < -0.4 is 0 Å². The number of benzene rings is 2. The normalized spacial score (nSPS) is 12.1. The average Bonchev–Trinajstić information content (AvgIpc) is 2.38. The van der Waals surface area contributed by atoms with Gasteiger partial charge in [-0.05, 0) is 24.5 Å². The standard InChI is InChI=1S/C17H18/c1-3-7-17(15-8-5-4-6-9-15)16-12-10-14(2)11-13-16/h3-6,8-13,17H,1,7H2,2H3. The molecule has 0 heteroatoms. The summed E-state index contributed by atoms with van der Waals surface area (Å²) in [4.78, 5) is 0. The summed E-state index contributed by atoms with van der Waals surface area (Å²) in [5.41, 5.74) is 4.03. The number of aryl methyl sites for hydroxylation is 1. The summed E-state index contributed by atoms with van der Waals surface area (Å²) in [7, 11) is 0. The summed E-state index contributed by atoms with van der Waals surface area (Å²) in [6, 6.07) is 19.4. The van der Waals surface area contributed by atoms with Crippen LogP contribution in [-0.4, -0.2) is 0 Å². The highest BCUT2D eigenvalue weighted by Gasteiger charge is 2.11. The highest BCUT2D eigenvalue weighted by Crippen LogP contribution is 2.28. The lowest BCUT2D eigenvalue weighted by molar-refractivity contribution is 0.830. The molecule has 86 valence electrons. The highest BCUT2D eigenvalue weighted by molar-refractivity contribution is 5.34. The molecule has 0 saturated heterocycles. The summed E-state index contributed by atoms with van der Waals surface area (Å²) in [6.45, 7) is 5.99. The van der Waals surface area contributed by atoms with Gasteiger partial charge in [0.25, 0.3) is 0 Å². The van der Waals surface area contributed by atoms with Gasteiger partial charge in [-0.25, -0.2) is 0 Å². The van der Waals surface area contributed by atoms with Crippen molar-refractivity contribution in [2.24, 2.45) is 0 Å². The largest absolute Gasteiger partial charge is 0.103 e. The Balaban J connectivity index is 2.35. The van der Waals surface area contributed by atoms with Crippen LogP contribution in [0.1, 0.15) is 29.0 Å². The van der Waals surface area contributed by atoms with Crippen molar-refractivity contribution in [1.29, 1.82) is 0 Å². The Kier molecular flexibility index (Phi) is 3.77. The van der Waals surface area contributed by atoms with Crippen LogP contribution in [0.4, 0.5) is 0 Å². The monoisotopic (exact) mass is 222 g/mol. The number of allylic oxidation sites excluding steroid dienone is 1. The minimum atomic E-state index is 0.425. The van der Waals surface area contributed by atoms with Gasteiger partial charge < -0.3 is 0 Å². The zero-order valence-corrected chi connectivity index (χ0v) is 10.3. The molecule has 0 heterocycles. The molecule has 0 fully saturated rings. The molecule has 0 aliphatic carbocycles. The Morgan fingerprint density at radius 1 is 0.941 bits per heavy atom. The molecule has 0 aliphatic rings. The van der Waals surface area contributed by atoms with E-state index < -0.39 is 0 Å². The predicted molar refractivity (Wildman–Crippen MR) is 74.3 cm³/mol. The molecular formula is C17H18. The first-order valence-electron chi connectivity index (χ1n) is 6.03. The third-order valence-electron chi connectivity index (χ3n) is 3.08. The molecule has 0 amide bonds. The van der Waals surface area contributed by atoms with Crippen LogP contribution in [0.2, 0.25) is 0 Å². The van der Waals surface area contributed by atoms with E-state index in [9.17, 15) is 0 Å². The summed E-state index contributed by atoms with van der Waals surface area (Å²) in [6.07, 6.45) is 2.98. The first-order chi connectivity index (χ1) is 8.31. The van der Waals surface area contributed by atoms with Crippen LogP contribution in [0, 0.1) is 6.92 Å². The van der Waals surface area contributed by atoms with E-state index in [-0.39, 0.29) is 0 Å². The molecule has 0 aromatic heterocycles. The maximum Gasteiger partial charge on any atom is 0.0124 e. The lowest BCUT2D eigenvalue weighted by Gasteiger charge is -2.16. The van der Waals surface area contributed by atoms with Crippen LogP contribution in [0.25, 0.3) is 0 Å². The topological polar surface area (TPSA) is 0 Å². The van der Waals surface area contributed by atoms with E-state index >= 15 is 0 Å². The molecule has 0 bridgehead atoms. The molecule has 17 heavy (non-hydrogen) atoms. The molecular weight excluding hydrogens is 204 g/mol. The third kappa shape index (κ3) is 2.85. The molecule has 1 unspecified atom stereocenters. The molecule has 0 spiro atoms. The smallest absolute Gasteiger partial charge is 0.0124 e. The van der Waals surface area contributed by atoms with Crippen molar-refractivity contribution in [2.75, 3.05) is 0 Å². The first-order valence-corrected chi connectivity index (χ1v) is 6.03.